The van der Waals surface area contributed by atoms with E-state index in [1.54, 1.807) is 18.2 Å². The zero-order chi connectivity index (χ0) is 16.7. The normalized spacial score (nSPS) is 10.5. The minimum Gasteiger partial charge on any atom is -0.374 e. The molecule has 0 radical (unpaired) electrons. The average Bonchev–Trinajstić information content (AvgIpc) is 2.54. The molecule has 2 aromatic carbocycles. The van der Waals surface area contributed by atoms with Crippen LogP contribution in [0.3, 0.4) is 0 Å². The molecule has 0 unspecified atom stereocenters. The number of hydrogen-bond donors (Lipinski definition) is 2. The summed E-state index contributed by atoms with van der Waals surface area (Å²) in [4.78, 5) is 21.7. The van der Waals surface area contributed by atoms with E-state index >= 15 is 0 Å². The molecular formula is C15H13FN4O3. The fraction of sp³-hybridized carbons (Fsp3) is 0.0667. The van der Waals surface area contributed by atoms with Crippen LogP contribution in [-0.2, 0) is 4.79 Å². The lowest BCUT2D eigenvalue weighted by Crippen LogP contribution is -2.26. The van der Waals surface area contributed by atoms with Gasteiger partial charge in [-0.05, 0) is 12.1 Å². The molecule has 0 spiro atoms. The van der Waals surface area contributed by atoms with E-state index in [-0.39, 0.29) is 17.9 Å². The third-order valence-electron chi connectivity index (χ3n) is 2.80. The van der Waals surface area contributed by atoms with Gasteiger partial charge in [-0.25, -0.2) is 9.82 Å². The molecule has 2 rings (SSSR count). The number of nitrogens with one attached hydrogen (secondary N) is 2. The van der Waals surface area contributed by atoms with Gasteiger partial charge in [0.15, 0.2) is 0 Å². The van der Waals surface area contributed by atoms with Gasteiger partial charge in [0.2, 0.25) is 0 Å². The topological polar surface area (TPSA) is 96.6 Å². The van der Waals surface area contributed by atoms with Gasteiger partial charge in [0.1, 0.15) is 5.82 Å². The molecule has 2 aromatic rings. The second kappa shape index (κ2) is 7.64. The molecule has 7 nitrogen and oxygen atoms in total. The van der Waals surface area contributed by atoms with Crippen LogP contribution in [0.4, 0.5) is 15.8 Å². The fourth-order valence-electron chi connectivity index (χ4n) is 1.72. The predicted molar refractivity (Wildman–Crippen MR) is 83.7 cm³/mol. The number of amides is 1. The molecule has 0 heterocycles. The number of para-hydroxylation sites is 1. The Labute approximate surface area is 131 Å². The number of rotatable bonds is 6. The van der Waals surface area contributed by atoms with Crippen molar-refractivity contribution in [3.63, 3.8) is 0 Å². The highest BCUT2D eigenvalue weighted by atomic mass is 19.1. The summed E-state index contributed by atoms with van der Waals surface area (Å²) in [6, 6.07) is 11.8. The van der Waals surface area contributed by atoms with E-state index in [0.717, 1.165) is 0 Å². The lowest BCUT2D eigenvalue weighted by Gasteiger charge is -2.05. The van der Waals surface area contributed by atoms with E-state index in [4.69, 9.17) is 0 Å². The Bertz CT molecular complexity index is 749. The van der Waals surface area contributed by atoms with Crippen molar-refractivity contribution in [1.29, 1.82) is 0 Å². The number of halogens is 1. The Hall–Kier alpha value is -3.29. The molecule has 0 aliphatic heterocycles. The predicted octanol–water partition coefficient (Wildman–Crippen LogP) is 2.30. The molecule has 1 amide bonds. The molecule has 118 valence electrons. The first-order chi connectivity index (χ1) is 11.1. The van der Waals surface area contributed by atoms with Gasteiger partial charge in [-0.15, -0.1) is 0 Å². The maximum Gasteiger partial charge on any atom is 0.270 e. The van der Waals surface area contributed by atoms with E-state index in [2.05, 4.69) is 15.8 Å². The van der Waals surface area contributed by atoms with Crippen molar-refractivity contribution in [3.8, 4) is 0 Å². The Kier molecular flexibility index (Phi) is 5.35. The molecule has 0 bridgehead atoms. The number of carbonyl (C=O) groups excluding carboxylic acids is 1. The van der Waals surface area contributed by atoms with Gasteiger partial charge in [-0.1, -0.05) is 24.3 Å². The van der Waals surface area contributed by atoms with Crippen LogP contribution in [0.1, 0.15) is 5.56 Å². The summed E-state index contributed by atoms with van der Waals surface area (Å²) in [5.74, 6) is -0.935. The summed E-state index contributed by atoms with van der Waals surface area (Å²) in [5.41, 5.74) is 2.86. The van der Waals surface area contributed by atoms with Crippen LogP contribution >= 0.6 is 0 Å². The highest BCUT2D eigenvalue weighted by molar-refractivity contribution is 5.84. The second-order valence-electron chi connectivity index (χ2n) is 4.48. The first-order valence-electron chi connectivity index (χ1n) is 6.61. The molecule has 0 fully saturated rings. The number of hydrogen-bond acceptors (Lipinski definition) is 5. The number of nitrogens with zero attached hydrogens (tertiary/aromatic N) is 2. The SMILES string of the molecule is O=C(CNc1ccccc1F)N/N=C/c1cccc([N+](=O)[O-])c1. The van der Waals surface area contributed by atoms with Crippen molar-refractivity contribution in [2.45, 2.75) is 0 Å². The van der Waals surface area contributed by atoms with Crippen LogP contribution < -0.4 is 10.7 Å². The smallest absolute Gasteiger partial charge is 0.270 e. The van der Waals surface area contributed by atoms with Gasteiger partial charge in [-0.3, -0.25) is 14.9 Å². The fourth-order valence-corrected chi connectivity index (χ4v) is 1.72. The van der Waals surface area contributed by atoms with E-state index < -0.39 is 16.6 Å². The van der Waals surface area contributed by atoms with Crippen LogP contribution in [0.5, 0.6) is 0 Å². The highest BCUT2D eigenvalue weighted by Crippen LogP contribution is 2.12. The van der Waals surface area contributed by atoms with E-state index in [1.165, 1.54) is 36.5 Å². The van der Waals surface area contributed by atoms with Crippen LogP contribution in [-0.4, -0.2) is 23.6 Å². The molecule has 0 aliphatic rings. The molecule has 23 heavy (non-hydrogen) atoms. The summed E-state index contributed by atoms with van der Waals surface area (Å²) in [6.07, 6.45) is 1.29. The third kappa shape index (κ3) is 4.88. The van der Waals surface area contributed by atoms with Crippen molar-refractivity contribution >= 4 is 23.5 Å². The molecule has 0 saturated heterocycles. The number of hydrazone groups is 1. The van der Waals surface area contributed by atoms with Crippen LogP contribution in [0, 0.1) is 15.9 Å². The first kappa shape index (κ1) is 16.1. The Morgan fingerprint density at radius 1 is 1.26 bits per heavy atom. The first-order valence-corrected chi connectivity index (χ1v) is 6.61. The van der Waals surface area contributed by atoms with Crippen molar-refractivity contribution in [3.05, 3.63) is 70.0 Å². The van der Waals surface area contributed by atoms with Crippen molar-refractivity contribution in [2.75, 3.05) is 11.9 Å². The number of nitro groups is 1. The molecule has 2 N–H and O–H groups in total. The minimum absolute atomic E-state index is 0.0681. The summed E-state index contributed by atoms with van der Waals surface area (Å²) in [7, 11) is 0. The van der Waals surface area contributed by atoms with Gasteiger partial charge in [0.25, 0.3) is 11.6 Å². The van der Waals surface area contributed by atoms with Crippen molar-refractivity contribution < 1.29 is 14.1 Å². The van der Waals surface area contributed by atoms with Crippen LogP contribution in [0.2, 0.25) is 0 Å². The largest absolute Gasteiger partial charge is 0.374 e. The van der Waals surface area contributed by atoms with Crippen LogP contribution in [0.25, 0.3) is 0 Å². The van der Waals surface area contributed by atoms with Crippen molar-refractivity contribution in [2.24, 2.45) is 5.10 Å². The number of non-ortho nitro benzene ring substituents is 1. The lowest BCUT2D eigenvalue weighted by atomic mass is 10.2. The Morgan fingerprint density at radius 2 is 2.04 bits per heavy atom. The summed E-state index contributed by atoms with van der Waals surface area (Å²) in [5, 5.41) is 17.0. The van der Waals surface area contributed by atoms with Gasteiger partial charge in [0, 0.05) is 17.7 Å². The molecular weight excluding hydrogens is 303 g/mol. The standard InChI is InChI=1S/C15H13FN4O3/c16-13-6-1-2-7-14(13)17-10-15(21)19-18-9-11-4-3-5-12(8-11)20(22)23/h1-9,17H,10H2,(H,19,21)/b18-9+. The number of nitro benzene ring substituents is 1. The number of carbonyl (C=O) groups is 1. The summed E-state index contributed by atoms with van der Waals surface area (Å²) >= 11 is 0. The van der Waals surface area contributed by atoms with Gasteiger partial charge < -0.3 is 5.32 Å². The lowest BCUT2D eigenvalue weighted by molar-refractivity contribution is -0.384. The van der Waals surface area contributed by atoms with E-state index in [9.17, 15) is 19.3 Å². The Morgan fingerprint density at radius 3 is 2.78 bits per heavy atom. The van der Waals surface area contributed by atoms with Gasteiger partial charge in [-0.2, -0.15) is 5.10 Å². The van der Waals surface area contributed by atoms with Crippen molar-refractivity contribution in [1.82, 2.24) is 5.43 Å². The quantitative estimate of drug-likeness (QED) is 0.485. The van der Waals surface area contributed by atoms with E-state index in [0.29, 0.717) is 5.56 Å². The maximum absolute atomic E-state index is 13.3. The average molecular weight is 316 g/mol. The number of benzene rings is 2. The zero-order valence-electron chi connectivity index (χ0n) is 11.9. The molecule has 0 aromatic heterocycles. The molecule has 8 heteroatoms. The monoisotopic (exact) mass is 316 g/mol. The maximum atomic E-state index is 13.3. The highest BCUT2D eigenvalue weighted by Gasteiger charge is 2.05. The van der Waals surface area contributed by atoms with E-state index in [1.807, 2.05) is 0 Å². The second-order valence-corrected chi connectivity index (χ2v) is 4.48. The van der Waals surface area contributed by atoms with Gasteiger partial charge in [0.05, 0.1) is 23.4 Å². The minimum atomic E-state index is -0.520. The summed E-state index contributed by atoms with van der Waals surface area (Å²) in [6.45, 7) is -0.160. The van der Waals surface area contributed by atoms with Gasteiger partial charge >= 0.3 is 0 Å². The molecule has 0 atom stereocenters. The molecule has 0 aliphatic carbocycles. The Balaban J connectivity index is 1.85. The number of anilines is 1. The summed E-state index contributed by atoms with van der Waals surface area (Å²) < 4.78 is 13.3. The van der Waals surface area contributed by atoms with Crippen LogP contribution in [0.15, 0.2) is 53.6 Å². The third-order valence-corrected chi connectivity index (χ3v) is 2.80. The zero-order valence-corrected chi connectivity index (χ0v) is 11.9. The molecule has 0 saturated carbocycles.